The van der Waals surface area contributed by atoms with Crippen molar-refractivity contribution in [3.05, 3.63) is 89.9 Å². The zero-order valence-electron chi connectivity index (χ0n) is 19.3. The number of benzene rings is 2. The zero-order valence-corrected chi connectivity index (χ0v) is 19.3. The van der Waals surface area contributed by atoms with Crippen LogP contribution in [0.5, 0.6) is 11.5 Å². The third-order valence-corrected chi connectivity index (χ3v) is 5.63. The summed E-state index contributed by atoms with van der Waals surface area (Å²) in [5.74, 6) is 1.38. The molecule has 9 nitrogen and oxygen atoms in total. The number of allylic oxidation sites excluding steroid dienone is 1. The van der Waals surface area contributed by atoms with E-state index in [1.54, 1.807) is 47.4 Å². The molecule has 1 aliphatic heterocycles. The number of carbonyl (C=O) groups excluding carboxylic acids is 1. The Kier molecular flexibility index (Phi) is 5.88. The second kappa shape index (κ2) is 9.30. The average molecular weight is 469 g/mol. The lowest BCUT2D eigenvalue weighted by Crippen LogP contribution is -2.31. The summed E-state index contributed by atoms with van der Waals surface area (Å²) in [7, 11) is 0. The third-order valence-electron chi connectivity index (χ3n) is 5.63. The third kappa shape index (κ3) is 4.31. The number of hydrogen-bond acceptors (Lipinski definition) is 7. The van der Waals surface area contributed by atoms with E-state index in [1.165, 1.54) is 0 Å². The van der Waals surface area contributed by atoms with Crippen molar-refractivity contribution in [3.63, 3.8) is 0 Å². The fraction of sp³-hybridized carbons (Fsp3) is 0.154. The van der Waals surface area contributed by atoms with Crippen molar-refractivity contribution in [2.75, 3.05) is 17.2 Å². The van der Waals surface area contributed by atoms with Gasteiger partial charge in [0.15, 0.2) is 5.82 Å². The molecule has 2 aromatic carbocycles. The van der Waals surface area contributed by atoms with Crippen LogP contribution in [0.4, 0.5) is 11.6 Å². The van der Waals surface area contributed by atoms with Crippen LogP contribution >= 0.6 is 0 Å². The molecule has 1 unspecified atom stereocenters. The minimum absolute atomic E-state index is 0.118. The van der Waals surface area contributed by atoms with E-state index in [1.807, 2.05) is 44.2 Å². The summed E-state index contributed by atoms with van der Waals surface area (Å²) in [6.07, 6.45) is 3.24. The Labute approximate surface area is 202 Å². The smallest absolute Gasteiger partial charge is 0.255 e. The first-order valence-electron chi connectivity index (χ1n) is 11.2. The fourth-order valence-corrected chi connectivity index (χ4v) is 4.13. The van der Waals surface area contributed by atoms with Gasteiger partial charge in [-0.2, -0.15) is 4.98 Å². The molecule has 9 heteroatoms. The highest BCUT2D eigenvalue weighted by atomic mass is 16.5. The summed E-state index contributed by atoms with van der Waals surface area (Å²) in [5, 5.41) is 20.8. The second-order valence-corrected chi connectivity index (χ2v) is 7.99. The first-order chi connectivity index (χ1) is 17.0. The average Bonchev–Trinajstić information content (AvgIpc) is 3.28. The number of phenols is 1. The van der Waals surface area contributed by atoms with Crippen molar-refractivity contribution < 1.29 is 14.6 Å². The number of nitrogens with zero attached hydrogens (tertiary/aromatic N) is 4. The molecule has 0 spiro atoms. The molecule has 176 valence electrons. The van der Waals surface area contributed by atoms with E-state index in [9.17, 15) is 9.90 Å². The number of aromatic hydroxyl groups is 1. The van der Waals surface area contributed by atoms with Gasteiger partial charge in [-0.25, -0.2) is 4.68 Å². The maximum absolute atomic E-state index is 13.6. The molecule has 1 aliphatic rings. The number of rotatable bonds is 6. The number of pyridine rings is 1. The number of aromatic nitrogens is 4. The number of anilines is 2. The van der Waals surface area contributed by atoms with Gasteiger partial charge in [0.25, 0.3) is 5.91 Å². The SMILES string of the molecule is CCOc1ccccc1C1C(C(=O)Nc2cccnc2)=C(C)Nc2nc(-c3cccc(O)c3)nn21. The van der Waals surface area contributed by atoms with Crippen molar-refractivity contribution in [1.82, 2.24) is 19.7 Å². The lowest BCUT2D eigenvalue weighted by Gasteiger charge is -2.29. The normalized spacial score (nSPS) is 14.7. The second-order valence-electron chi connectivity index (χ2n) is 7.99. The number of carbonyl (C=O) groups is 1. The molecule has 1 amide bonds. The lowest BCUT2D eigenvalue weighted by molar-refractivity contribution is -0.113. The molecule has 0 saturated heterocycles. The van der Waals surface area contributed by atoms with Gasteiger partial charge in [-0.15, -0.1) is 5.10 Å². The van der Waals surface area contributed by atoms with Crippen LogP contribution in [-0.4, -0.2) is 37.4 Å². The topological polar surface area (TPSA) is 114 Å². The zero-order chi connectivity index (χ0) is 24.4. The number of hydrogen-bond donors (Lipinski definition) is 3. The van der Waals surface area contributed by atoms with Gasteiger partial charge in [-0.1, -0.05) is 30.3 Å². The van der Waals surface area contributed by atoms with E-state index in [-0.39, 0.29) is 11.7 Å². The maximum Gasteiger partial charge on any atom is 0.255 e. The van der Waals surface area contributed by atoms with Gasteiger partial charge < -0.3 is 20.5 Å². The molecule has 0 bridgehead atoms. The molecule has 3 N–H and O–H groups in total. The molecular formula is C26H24N6O3. The summed E-state index contributed by atoms with van der Waals surface area (Å²) in [6.45, 7) is 4.22. The van der Waals surface area contributed by atoms with Gasteiger partial charge in [0, 0.05) is 23.0 Å². The summed E-state index contributed by atoms with van der Waals surface area (Å²) in [5.41, 5.74) is 3.13. The van der Waals surface area contributed by atoms with E-state index in [0.29, 0.717) is 46.7 Å². The molecule has 35 heavy (non-hydrogen) atoms. The van der Waals surface area contributed by atoms with Gasteiger partial charge in [0.2, 0.25) is 5.95 Å². The molecule has 0 radical (unpaired) electrons. The Morgan fingerprint density at radius 3 is 2.80 bits per heavy atom. The molecule has 0 saturated carbocycles. The number of nitrogens with one attached hydrogen (secondary N) is 2. The van der Waals surface area contributed by atoms with E-state index in [4.69, 9.17) is 9.84 Å². The Hall–Kier alpha value is -4.66. The van der Waals surface area contributed by atoms with Crippen molar-refractivity contribution in [2.24, 2.45) is 0 Å². The highest BCUT2D eigenvalue weighted by Crippen LogP contribution is 2.40. The summed E-state index contributed by atoms with van der Waals surface area (Å²) in [4.78, 5) is 22.3. The van der Waals surface area contributed by atoms with Crippen LogP contribution in [0.2, 0.25) is 0 Å². The van der Waals surface area contributed by atoms with Crippen molar-refractivity contribution in [3.8, 4) is 22.9 Å². The largest absolute Gasteiger partial charge is 0.508 e. The Balaban J connectivity index is 1.64. The van der Waals surface area contributed by atoms with Crippen LogP contribution in [0.1, 0.15) is 25.5 Å². The van der Waals surface area contributed by atoms with Gasteiger partial charge >= 0.3 is 0 Å². The minimum Gasteiger partial charge on any atom is -0.508 e. The van der Waals surface area contributed by atoms with E-state index >= 15 is 0 Å². The highest BCUT2D eigenvalue weighted by Gasteiger charge is 2.36. The maximum atomic E-state index is 13.6. The van der Waals surface area contributed by atoms with Crippen LogP contribution in [0.15, 0.2) is 84.3 Å². The summed E-state index contributed by atoms with van der Waals surface area (Å²) < 4.78 is 7.60. The number of amides is 1. The van der Waals surface area contributed by atoms with Crippen molar-refractivity contribution in [1.29, 1.82) is 0 Å². The number of fused-ring (bicyclic) bond motifs is 1. The van der Waals surface area contributed by atoms with Gasteiger partial charge in [-0.3, -0.25) is 9.78 Å². The number of para-hydroxylation sites is 1. The molecular weight excluding hydrogens is 444 g/mol. The predicted octanol–water partition coefficient (Wildman–Crippen LogP) is 4.37. The van der Waals surface area contributed by atoms with Gasteiger partial charge in [-0.05, 0) is 44.2 Å². The highest BCUT2D eigenvalue weighted by molar-refractivity contribution is 6.06. The fourth-order valence-electron chi connectivity index (χ4n) is 4.13. The standard InChI is InChI=1S/C26H24N6O3/c1-3-35-21-12-5-4-11-20(21)23-22(25(34)29-18-9-7-13-27-15-18)16(2)28-26-30-24(31-32(23)26)17-8-6-10-19(33)14-17/h4-15,23,33H,3H2,1-2H3,(H,29,34)(H,28,30,31). The van der Waals surface area contributed by atoms with Crippen molar-refractivity contribution >= 4 is 17.5 Å². The van der Waals surface area contributed by atoms with Crippen LogP contribution < -0.4 is 15.4 Å². The Morgan fingerprint density at radius 1 is 1.17 bits per heavy atom. The molecule has 0 fully saturated rings. The molecule has 3 heterocycles. The molecule has 5 rings (SSSR count). The number of ether oxygens (including phenoxy) is 1. The number of phenolic OH excluding ortho intramolecular Hbond substituents is 1. The Morgan fingerprint density at radius 2 is 2.03 bits per heavy atom. The summed E-state index contributed by atoms with van der Waals surface area (Å²) in [6, 6.07) is 17.3. The Bertz CT molecular complexity index is 1410. The van der Waals surface area contributed by atoms with Gasteiger partial charge in [0.1, 0.15) is 17.5 Å². The quantitative estimate of drug-likeness (QED) is 0.385. The molecule has 4 aromatic rings. The monoisotopic (exact) mass is 468 g/mol. The molecule has 2 aromatic heterocycles. The minimum atomic E-state index is -0.607. The lowest BCUT2D eigenvalue weighted by atomic mass is 9.94. The first-order valence-corrected chi connectivity index (χ1v) is 11.2. The van der Waals surface area contributed by atoms with Crippen molar-refractivity contribution in [2.45, 2.75) is 19.9 Å². The van der Waals surface area contributed by atoms with Crippen LogP contribution in [-0.2, 0) is 4.79 Å². The summed E-state index contributed by atoms with van der Waals surface area (Å²) >= 11 is 0. The van der Waals surface area contributed by atoms with Crippen LogP contribution in [0, 0.1) is 0 Å². The van der Waals surface area contributed by atoms with E-state index in [0.717, 1.165) is 5.56 Å². The first kappa shape index (κ1) is 22.1. The molecule has 1 atom stereocenters. The van der Waals surface area contributed by atoms with Crippen LogP contribution in [0.3, 0.4) is 0 Å². The van der Waals surface area contributed by atoms with Gasteiger partial charge in [0.05, 0.1) is 24.1 Å². The molecule has 0 aliphatic carbocycles. The van der Waals surface area contributed by atoms with E-state index in [2.05, 4.69) is 20.6 Å². The van der Waals surface area contributed by atoms with E-state index < -0.39 is 6.04 Å². The predicted molar refractivity (Wildman–Crippen MR) is 132 cm³/mol. The van der Waals surface area contributed by atoms with Crippen LogP contribution in [0.25, 0.3) is 11.4 Å².